The summed E-state index contributed by atoms with van der Waals surface area (Å²) in [6.07, 6.45) is 6.84. The van der Waals surface area contributed by atoms with Crippen LogP contribution in [0.2, 0.25) is 0 Å². The van der Waals surface area contributed by atoms with Crippen LogP contribution in [-0.2, 0) is 0 Å². The summed E-state index contributed by atoms with van der Waals surface area (Å²) in [6.45, 7) is 7.20. The summed E-state index contributed by atoms with van der Waals surface area (Å²) in [5.74, 6) is 2.25. The summed E-state index contributed by atoms with van der Waals surface area (Å²) < 4.78 is 5.32. The Hall–Kier alpha value is -3.29. The van der Waals surface area contributed by atoms with Gasteiger partial charge < -0.3 is 14.7 Å². The minimum atomic E-state index is -0.00371. The molecule has 1 aliphatic heterocycles. The fourth-order valence-corrected chi connectivity index (χ4v) is 3.85. The Kier molecular flexibility index (Phi) is 5.74. The molecule has 8 nitrogen and oxygen atoms in total. The van der Waals surface area contributed by atoms with Gasteiger partial charge in [-0.15, -0.1) is 0 Å². The lowest BCUT2D eigenvalue weighted by Gasteiger charge is -2.32. The molecule has 1 N–H and O–H groups in total. The molecule has 1 aliphatic rings. The van der Waals surface area contributed by atoms with E-state index in [0.29, 0.717) is 29.5 Å². The van der Waals surface area contributed by atoms with Gasteiger partial charge in [0, 0.05) is 37.1 Å². The lowest BCUT2D eigenvalue weighted by molar-refractivity contribution is 0.0703. The lowest BCUT2D eigenvalue weighted by Crippen LogP contribution is -2.39. The molecule has 0 aliphatic carbocycles. The molecule has 1 saturated heterocycles. The predicted molar refractivity (Wildman–Crippen MR) is 113 cm³/mol. The second-order valence-corrected chi connectivity index (χ2v) is 7.91. The highest BCUT2D eigenvalue weighted by atomic mass is 16.5. The van der Waals surface area contributed by atoms with Crippen LogP contribution in [0.15, 0.2) is 41.3 Å². The molecule has 0 saturated carbocycles. The van der Waals surface area contributed by atoms with E-state index < -0.39 is 0 Å². The minimum absolute atomic E-state index is 0.00371. The highest BCUT2D eigenvalue weighted by molar-refractivity contribution is 5.96. The summed E-state index contributed by atoms with van der Waals surface area (Å²) in [6, 6.07) is 5.90. The van der Waals surface area contributed by atoms with Gasteiger partial charge >= 0.3 is 0 Å². The largest absolute Gasteiger partial charge is 0.361 e. The Morgan fingerprint density at radius 3 is 2.90 bits per heavy atom. The molecule has 0 bridgehead atoms. The van der Waals surface area contributed by atoms with Gasteiger partial charge in [-0.2, -0.15) is 0 Å². The van der Waals surface area contributed by atoms with E-state index in [1.54, 1.807) is 25.5 Å². The molecule has 4 rings (SSSR count). The summed E-state index contributed by atoms with van der Waals surface area (Å²) in [5, 5.41) is 7.29. The average molecular weight is 406 g/mol. The first kappa shape index (κ1) is 20.0. The van der Waals surface area contributed by atoms with Crippen LogP contribution in [-0.4, -0.2) is 44.0 Å². The molecule has 4 heterocycles. The average Bonchev–Trinajstić information content (AvgIpc) is 3.16. The fourth-order valence-electron chi connectivity index (χ4n) is 3.85. The third-order valence-electron chi connectivity index (χ3n) is 5.37. The van der Waals surface area contributed by atoms with Crippen molar-refractivity contribution in [1.82, 2.24) is 25.0 Å². The van der Waals surface area contributed by atoms with Crippen molar-refractivity contribution in [2.45, 2.75) is 45.4 Å². The van der Waals surface area contributed by atoms with Gasteiger partial charge in [-0.05, 0) is 37.8 Å². The maximum Gasteiger partial charge on any atom is 0.259 e. The summed E-state index contributed by atoms with van der Waals surface area (Å²) >= 11 is 0. The van der Waals surface area contributed by atoms with Crippen LogP contribution < -0.4 is 5.32 Å². The first-order valence-electron chi connectivity index (χ1n) is 10.3. The highest BCUT2D eigenvalue weighted by Gasteiger charge is 2.31. The monoisotopic (exact) mass is 406 g/mol. The van der Waals surface area contributed by atoms with Gasteiger partial charge in [-0.1, -0.05) is 25.1 Å². The quantitative estimate of drug-likeness (QED) is 0.682. The van der Waals surface area contributed by atoms with Crippen LogP contribution in [0.4, 0.5) is 11.6 Å². The molecule has 156 valence electrons. The first-order chi connectivity index (χ1) is 14.5. The zero-order valence-electron chi connectivity index (χ0n) is 17.5. The number of aryl methyl sites for hydroxylation is 1. The van der Waals surface area contributed by atoms with Crippen molar-refractivity contribution < 1.29 is 9.32 Å². The van der Waals surface area contributed by atoms with Gasteiger partial charge in [0.2, 0.25) is 0 Å². The number of aromatic nitrogens is 4. The SMILES string of the molecule is Cc1onc(C(C)C)c1C(=O)N1CCC[C@H](c2cccc(Nc3cnccn3)n2)C1. The summed E-state index contributed by atoms with van der Waals surface area (Å²) in [7, 11) is 0. The van der Waals surface area contributed by atoms with E-state index in [1.807, 2.05) is 36.9 Å². The number of likely N-dealkylation sites (tertiary alicyclic amines) is 1. The molecule has 30 heavy (non-hydrogen) atoms. The topological polar surface area (TPSA) is 97.0 Å². The Bertz CT molecular complexity index is 1020. The van der Waals surface area contributed by atoms with Crippen molar-refractivity contribution in [3.63, 3.8) is 0 Å². The van der Waals surface area contributed by atoms with E-state index in [9.17, 15) is 4.79 Å². The number of anilines is 2. The molecule has 8 heteroatoms. The van der Waals surface area contributed by atoms with Gasteiger partial charge in [0.25, 0.3) is 5.91 Å². The van der Waals surface area contributed by atoms with Gasteiger partial charge in [0.1, 0.15) is 23.0 Å². The number of hydrogen-bond donors (Lipinski definition) is 1. The van der Waals surface area contributed by atoms with Crippen molar-refractivity contribution in [2.75, 3.05) is 18.4 Å². The normalized spacial score (nSPS) is 16.7. The third kappa shape index (κ3) is 4.17. The predicted octanol–water partition coefficient (Wildman–Crippen LogP) is 4.05. The number of carbonyl (C=O) groups excluding carboxylic acids is 1. The van der Waals surface area contributed by atoms with Crippen LogP contribution in [0.3, 0.4) is 0 Å². The molecule has 1 amide bonds. The minimum Gasteiger partial charge on any atom is -0.361 e. The van der Waals surface area contributed by atoms with Crippen molar-refractivity contribution in [2.24, 2.45) is 0 Å². The summed E-state index contributed by atoms with van der Waals surface area (Å²) in [4.78, 5) is 28.2. The second kappa shape index (κ2) is 8.61. The summed E-state index contributed by atoms with van der Waals surface area (Å²) in [5.41, 5.74) is 2.30. The number of pyridine rings is 1. The van der Waals surface area contributed by atoms with Crippen molar-refractivity contribution in [3.8, 4) is 0 Å². The zero-order chi connectivity index (χ0) is 21.1. The third-order valence-corrected chi connectivity index (χ3v) is 5.37. The number of carbonyl (C=O) groups is 1. The standard InChI is InChI=1S/C22H26N6O2/c1-14(2)21-20(15(3)30-27-21)22(29)28-11-5-6-16(13-28)17-7-4-8-18(25-17)26-19-12-23-9-10-24-19/h4,7-10,12,14,16H,5-6,11,13H2,1-3H3,(H,24,25,26)/t16-/m0/s1. The number of nitrogens with one attached hydrogen (secondary N) is 1. The van der Waals surface area contributed by atoms with Crippen molar-refractivity contribution >= 4 is 17.5 Å². The van der Waals surface area contributed by atoms with Crippen molar-refractivity contribution in [3.05, 3.63) is 59.5 Å². The number of hydrogen-bond acceptors (Lipinski definition) is 7. The second-order valence-electron chi connectivity index (χ2n) is 7.91. The van der Waals surface area contributed by atoms with Crippen LogP contribution in [0, 0.1) is 6.92 Å². The molecular formula is C22H26N6O2. The zero-order valence-corrected chi connectivity index (χ0v) is 17.5. The van der Waals surface area contributed by atoms with Crippen molar-refractivity contribution in [1.29, 1.82) is 0 Å². The van der Waals surface area contributed by atoms with E-state index in [0.717, 1.165) is 30.8 Å². The molecule has 3 aromatic heterocycles. The van der Waals surface area contributed by atoms with E-state index in [1.165, 1.54) is 0 Å². The maximum atomic E-state index is 13.3. The number of rotatable bonds is 5. The van der Waals surface area contributed by atoms with Gasteiger partial charge in [-0.3, -0.25) is 9.78 Å². The molecule has 1 fully saturated rings. The maximum absolute atomic E-state index is 13.3. The molecule has 0 radical (unpaired) electrons. The molecule has 0 aromatic carbocycles. The van der Waals surface area contributed by atoms with E-state index in [2.05, 4.69) is 20.4 Å². The molecule has 0 spiro atoms. The van der Waals surface area contributed by atoms with Crippen LogP contribution in [0.25, 0.3) is 0 Å². The van der Waals surface area contributed by atoms with E-state index >= 15 is 0 Å². The Morgan fingerprint density at radius 2 is 2.13 bits per heavy atom. The van der Waals surface area contributed by atoms with E-state index in [-0.39, 0.29) is 17.7 Å². The number of amides is 1. The van der Waals surface area contributed by atoms with Crippen LogP contribution in [0.5, 0.6) is 0 Å². The van der Waals surface area contributed by atoms with Gasteiger partial charge in [-0.25, -0.2) is 9.97 Å². The molecule has 1 atom stereocenters. The first-order valence-corrected chi connectivity index (χ1v) is 10.3. The van der Waals surface area contributed by atoms with Gasteiger partial charge in [0.15, 0.2) is 0 Å². The molecular weight excluding hydrogens is 380 g/mol. The van der Waals surface area contributed by atoms with Crippen LogP contribution in [0.1, 0.15) is 66.0 Å². The fraction of sp³-hybridized carbons (Fsp3) is 0.409. The molecule has 3 aromatic rings. The van der Waals surface area contributed by atoms with E-state index in [4.69, 9.17) is 9.51 Å². The number of piperidine rings is 1. The van der Waals surface area contributed by atoms with Gasteiger partial charge in [0.05, 0.1) is 11.9 Å². The Morgan fingerprint density at radius 1 is 1.27 bits per heavy atom. The lowest BCUT2D eigenvalue weighted by atomic mass is 9.93. The smallest absolute Gasteiger partial charge is 0.259 e. The number of nitrogens with zero attached hydrogens (tertiary/aromatic N) is 5. The Labute approximate surface area is 175 Å². The Balaban J connectivity index is 1.51. The van der Waals surface area contributed by atoms with Crippen LogP contribution >= 0.6 is 0 Å². The molecule has 0 unspecified atom stereocenters. The highest BCUT2D eigenvalue weighted by Crippen LogP contribution is 2.30.